The molecule has 1 aromatic heterocycles. The number of aromatic nitrogens is 1. The Morgan fingerprint density at radius 3 is 2.55 bits per heavy atom. The van der Waals surface area contributed by atoms with Gasteiger partial charge in [0.05, 0.1) is 5.69 Å². The number of cyclic esters (lactones) is 1. The van der Waals surface area contributed by atoms with Gasteiger partial charge in [0.25, 0.3) is 5.19 Å². The second-order valence-corrected chi connectivity index (χ2v) is 8.86. The van der Waals surface area contributed by atoms with Crippen LogP contribution in [0.3, 0.4) is 0 Å². The molecule has 3 heterocycles. The number of carbonyl (C=O) groups is 1. The molecule has 1 spiro atoms. The molecule has 152 valence electrons. The summed E-state index contributed by atoms with van der Waals surface area (Å²) in [5.41, 5.74) is 2.12. The van der Waals surface area contributed by atoms with Crippen LogP contribution in [0.4, 0.5) is 0 Å². The molecule has 1 aromatic carbocycles. The van der Waals surface area contributed by atoms with Gasteiger partial charge in [-0.15, -0.1) is 0 Å². The largest absolute Gasteiger partial charge is 0.467 e. The number of hydrogen-bond acceptors (Lipinski definition) is 7. The quantitative estimate of drug-likeness (QED) is 0.772. The number of hydrogen-bond donors (Lipinski definition) is 1. The standard InChI is InChI=1S/C22H25N3O3S/c26-20-22(10-2-1-3-11-22)25-19(28-20)16-6-4-15(5-7-16)18-14-29-21(24-18)27-17-8-12-23-13-9-17/h4-7,14,17,23H,1-3,8-13H2. The third kappa shape index (κ3) is 3.81. The predicted molar refractivity (Wildman–Crippen MR) is 113 cm³/mol. The van der Waals surface area contributed by atoms with Gasteiger partial charge in [-0.2, -0.15) is 0 Å². The second-order valence-electron chi connectivity index (χ2n) is 8.04. The summed E-state index contributed by atoms with van der Waals surface area (Å²) in [4.78, 5) is 21.8. The molecule has 1 saturated heterocycles. The topological polar surface area (TPSA) is 72.8 Å². The van der Waals surface area contributed by atoms with Gasteiger partial charge in [0.15, 0.2) is 5.54 Å². The van der Waals surface area contributed by atoms with E-state index >= 15 is 0 Å². The van der Waals surface area contributed by atoms with E-state index in [1.807, 2.05) is 29.6 Å². The first-order valence-electron chi connectivity index (χ1n) is 10.5. The summed E-state index contributed by atoms with van der Waals surface area (Å²) in [5, 5.41) is 6.09. The van der Waals surface area contributed by atoms with Crippen LogP contribution >= 0.6 is 11.3 Å². The Hall–Kier alpha value is -2.25. The molecular formula is C22H25N3O3S. The highest BCUT2D eigenvalue weighted by molar-refractivity contribution is 7.11. The van der Waals surface area contributed by atoms with Crippen molar-refractivity contribution < 1.29 is 14.3 Å². The van der Waals surface area contributed by atoms with Crippen molar-refractivity contribution >= 4 is 23.2 Å². The number of esters is 1. The van der Waals surface area contributed by atoms with Gasteiger partial charge < -0.3 is 14.8 Å². The highest BCUT2D eigenvalue weighted by Crippen LogP contribution is 2.37. The van der Waals surface area contributed by atoms with E-state index in [1.54, 1.807) is 0 Å². The lowest BCUT2D eigenvalue weighted by molar-refractivity contribution is -0.140. The lowest BCUT2D eigenvalue weighted by atomic mass is 9.83. The maximum absolute atomic E-state index is 12.4. The Bertz CT molecular complexity index is 910. The number of nitrogens with one attached hydrogen (secondary N) is 1. The van der Waals surface area contributed by atoms with E-state index in [-0.39, 0.29) is 12.1 Å². The number of carbonyl (C=O) groups excluding carboxylic acids is 1. The van der Waals surface area contributed by atoms with Crippen molar-refractivity contribution in [1.82, 2.24) is 10.3 Å². The van der Waals surface area contributed by atoms with Crippen molar-refractivity contribution in [3.8, 4) is 16.5 Å². The van der Waals surface area contributed by atoms with Gasteiger partial charge in [-0.3, -0.25) is 0 Å². The number of piperidine rings is 1. The monoisotopic (exact) mass is 411 g/mol. The van der Waals surface area contributed by atoms with Gasteiger partial charge in [0.1, 0.15) is 6.10 Å². The minimum atomic E-state index is -0.637. The fraction of sp³-hybridized carbons (Fsp3) is 0.500. The molecule has 0 radical (unpaired) electrons. The van der Waals surface area contributed by atoms with E-state index < -0.39 is 5.54 Å². The van der Waals surface area contributed by atoms with Gasteiger partial charge in [0.2, 0.25) is 5.90 Å². The zero-order valence-electron chi connectivity index (χ0n) is 16.4. The fourth-order valence-electron chi connectivity index (χ4n) is 4.31. The highest BCUT2D eigenvalue weighted by atomic mass is 32.1. The number of ether oxygens (including phenoxy) is 2. The van der Waals surface area contributed by atoms with Crippen LogP contribution in [0, 0.1) is 0 Å². The summed E-state index contributed by atoms with van der Waals surface area (Å²) in [6.07, 6.45) is 7.13. The number of thiazole rings is 1. The molecule has 5 rings (SSSR count). The number of nitrogens with zero attached hydrogens (tertiary/aromatic N) is 2. The van der Waals surface area contributed by atoms with Crippen LogP contribution in [0.25, 0.3) is 11.3 Å². The van der Waals surface area contributed by atoms with E-state index in [0.717, 1.165) is 73.6 Å². The van der Waals surface area contributed by atoms with Crippen molar-refractivity contribution in [1.29, 1.82) is 0 Å². The number of benzene rings is 1. The zero-order chi connectivity index (χ0) is 19.7. The van der Waals surface area contributed by atoms with E-state index in [2.05, 4.69) is 10.3 Å². The maximum atomic E-state index is 12.4. The molecule has 0 amide bonds. The molecule has 2 aromatic rings. The van der Waals surface area contributed by atoms with Crippen LogP contribution in [-0.2, 0) is 9.53 Å². The smallest absolute Gasteiger partial charge is 0.340 e. The maximum Gasteiger partial charge on any atom is 0.340 e. The Balaban J connectivity index is 1.29. The third-order valence-corrected chi connectivity index (χ3v) is 6.76. The van der Waals surface area contributed by atoms with Gasteiger partial charge in [-0.05, 0) is 50.9 Å². The van der Waals surface area contributed by atoms with E-state index in [0.29, 0.717) is 5.90 Å². The molecule has 2 aliphatic heterocycles. The number of aliphatic imine (C=N–C) groups is 1. The average Bonchev–Trinajstić information content (AvgIpc) is 3.35. The van der Waals surface area contributed by atoms with Crippen LogP contribution in [-0.4, -0.2) is 41.6 Å². The second kappa shape index (κ2) is 7.88. The highest BCUT2D eigenvalue weighted by Gasteiger charge is 2.46. The van der Waals surface area contributed by atoms with Crippen LogP contribution in [0.15, 0.2) is 34.6 Å². The summed E-state index contributed by atoms with van der Waals surface area (Å²) in [7, 11) is 0. The summed E-state index contributed by atoms with van der Waals surface area (Å²) in [5.74, 6) is 0.270. The Morgan fingerprint density at radius 2 is 1.79 bits per heavy atom. The van der Waals surface area contributed by atoms with Crippen molar-refractivity contribution in [3.63, 3.8) is 0 Å². The zero-order valence-corrected chi connectivity index (χ0v) is 17.2. The average molecular weight is 412 g/mol. The molecule has 0 unspecified atom stereocenters. The normalized spacial score (nSPS) is 21.8. The Kier molecular flexibility index (Phi) is 5.09. The first-order chi connectivity index (χ1) is 14.2. The lowest BCUT2D eigenvalue weighted by Gasteiger charge is -2.25. The molecule has 0 bridgehead atoms. The first-order valence-corrected chi connectivity index (χ1v) is 11.4. The molecule has 1 aliphatic carbocycles. The van der Waals surface area contributed by atoms with Crippen LogP contribution < -0.4 is 10.1 Å². The molecule has 0 atom stereocenters. The molecule has 1 N–H and O–H groups in total. The molecular weight excluding hydrogens is 386 g/mol. The molecule has 7 heteroatoms. The lowest BCUT2D eigenvalue weighted by Crippen LogP contribution is -2.35. The van der Waals surface area contributed by atoms with Gasteiger partial charge in [0, 0.05) is 16.5 Å². The Labute approximate surface area is 174 Å². The summed E-state index contributed by atoms with van der Waals surface area (Å²) >= 11 is 1.54. The Morgan fingerprint density at radius 1 is 1.07 bits per heavy atom. The van der Waals surface area contributed by atoms with Crippen molar-refractivity contribution in [2.75, 3.05) is 13.1 Å². The predicted octanol–water partition coefficient (Wildman–Crippen LogP) is 3.95. The molecule has 3 aliphatic rings. The first kappa shape index (κ1) is 18.8. The molecule has 29 heavy (non-hydrogen) atoms. The SMILES string of the molecule is O=C1OC(c2ccc(-c3csc(OC4CCNCC4)n3)cc2)=NC12CCCCC2. The fourth-order valence-corrected chi connectivity index (χ4v) is 5.05. The molecule has 6 nitrogen and oxygen atoms in total. The minimum Gasteiger partial charge on any atom is -0.467 e. The van der Waals surface area contributed by atoms with Gasteiger partial charge in [-0.25, -0.2) is 14.8 Å². The van der Waals surface area contributed by atoms with E-state index in [4.69, 9.17) is 14.5 Å². The van der Waals surface area contributed by atoms with Crippen LogP contribution in [0.2, 0.25) is 0 Å². The van der Waals surface area contributed by atoms with Crippen molar-refractivity contribution in [3.05, 3.63) is 35.2 Å². The van der Waals surface area contributed by atoms with Crippen LogP contribution in [0.5, 0.6) is 5.19 Å². The third-order valence-electron chi connectivity index (χ3n) is 6.03. The van der Waals surface area contributed by atoms with Crippen molar-refractivity contribution in [2.24, 2.45) is 4.99 Å². The minimum absolute atomic E-state index is 0.185. The number of rotatable bonds is 4. The molecule has 1 saturated carbocycles. The molecule has 2 fully saturated rings. The van der Waals surface area contributed by atoms with Crippen LogP contribution in [0.1, 0.15) is 50.5 Å². The van der Waals surface area contributed by atoms with Gasteiger partial charge in [-0.1, -0.05) is 42.7 Å². The van der Waals surface area contributed by atoms with Gasteiger partial charge >= 0.3 is 5.97 Å². The van der Waals surface area contributed by atoms with E-state index in [9.17, 15) is 4.79 Å². The van der Waals surface area contributed by atoms with Crippen molar-refractivity contribution in [2.45, 2.75) is 56.6 Å². The van der Waals surface area contributed by atoms with E-state index in [1.165, 1.54) is 17.8 Å². The summed E-state index contributed by atoms with van der Waals surface area (Å²) < 4.78 is 11.6. The summed E-state index contributed by atoms with van der Waals surface area (Å²) in [6.45, 7) is 2.00. The summed E-state index contributed by atoms with van der Waals surface area (Å²) in [6, 6.07) is 7.91.